The molecule has 0 aromatic heterocycles. The van der Waals surface area contributed by atoms with Crippen LogP contribution < -0.4 is 0 Å². The molecule has 2 aromatic carbocycles. The van der Waals surface area contributed by atoms with E-state index in [1.54, 1.807) is 29.2 Å². The van der Waals surface area contributed by atoms with E-state index in [0.717, 1.165) is 4.90 Å². The first-order valence-electron chi connectivity index (χ1n) is 10.7. The van der Waals surface area contributed by atoms with Crippen molar-refractivity contribution in [3.05, 3.63) is 71.8 Å². The molecule has 1 aliphatic rings. The molecule has 166 valence electrons. The van der Waals surface area contributed by atoms with Crippen molar-refractivity contribution in [3.63, 3.8) is 0 Å². The topological polar surface area (TPSA) is 81.1 Å². The molecule has 3 unspecified atom stereocenters. The minimum atomic E-state index is -0.985. The zero-order valence-corrected chi connectivity index (χ0v) is 18.6. The van der Waals surface area contributed by atoms with Crippen molar-refractivity contribution in [1.82, 2.24) is 9.80 Å². The van der Waals surface area contributed by atoms with Gasteiger partial charge in [-0.3, -0.25) is 9.69 Å². The van der Waals surface area contributed by atoms with E-state index < -0.39 is 23.7 Å². The van der Waals surface area contributed by atoms with Crippen molar-refractivity contribution in [1.29, 1.82) is 0 Å². The summed E-state index contributed by atoms with van der Waals surface area (Å²) >= 11 is 0. The fourth-order valence-corrected chi connectivity index (χ4v) is 4.69. The molecule has 2 N–H and O–H groups in total. The number of hydrogen-bond acceptors (Lipinski definition) is 4. The predicted octanol–water partition coefficient (Wildman–Crippen LogP) is 3.77. The number of urea groups is 1. The second kappa shape index (κ2) is 9.20. The summed E-state index contributed by atoms with van der Waals surface area (Å²) < 4.78 is 0. The Kier molecular flexibility index (Phi) is 6.82. The maximum Gasteiger partial charge on any atom is 0.327 e. The molecule has 1 heterocycles. The lowest BCUT2D eigenvalue weighted by Gasteiger charge is -2.51. The van der Waals surface area contributed by atoms with Crippen LogP contribution in [0.1, 0.15) is 51.0 Å². The highest BCUT2D eigenvalue weighted by Gasteiger charge is 2.53. The first-order chi connectivity index (χ1) is 14.6. The van der Waals surface area contributed by atoms with Gasteiger partial charge in [-0.05, 0) is 30.9 Å². The first kappa shape index (κ1) is 23.0. The number of carbonyl (C=O) groups is 2. The molecule has 1 aliphatic heterocycles. The molecule has 0 aliphatic carbocycles. The third kappa shape index (κ3) is 4.65. The van der Waals surface area contributed by atoms with Gasteiger partial charge in [0.2, 0.25) is 5.91 Å². The number of nitrogens with zero attached hydrogens (tertiary/aromatic N) is 2. The predicted molar refractivity (Wildman–Crippen MR) is 119 cm³/mol. The van der Waals surface area contributed by atoms with E-state index in [1.165, 1.54) is 0 Å². The average Bonchev–Trinajstić information content (AvgIpc) is 2.75. The number of aliphatic hydroxyl groups excluding tert-OH is 2. The van der Waals surface area contributed by atoms with Crippen molar-refractivity contribution in [2.24, 2.45) is 11.3 Å². The van der Waals surface area contributed by atoms with Crippen molar-refractivity contribution in [2.75, 3.05) is 13.1 Å². The summed E-state index contributed by atoms with van der Waals surface area (Å²) in [6.07, 6.45) is -1.86. The van der Waals surface area contributed by atoms with Crippen LogP contribution in [0.4, 0.5) is 4.79 Å². The summed E-state index contributed by atoms with van der Waals surface area (Å²) in [5.74, 6) is -0.302. The van der Waals surface area contributed by atoms with Gasteiger partial charge in [-0.2, -0.15) is 0 Å². The standard InChI is InChI=1S/C25H32N2O4/c1-17(2)22-25(3,4)23(30)27(16-21(29)19-13-9-6-10-14-19)24(31)26(22)15-20(28)18-11-7-5-8-12-18/h5-14,17,20-22,28-29H,15-16H2,1-4H3. The minimum absolute atomic E-state index is 0.00655. The van der Waals surface area contributed by atoms with Gasteiger partial charge in [-0.15, -0.1) is 0 Å². The van der Waals surface area contributed by atoms with Crippen molar-refractivity contribution < 1.29 is 19.8 Å². The first-order valence-corrected chi connectivity index (χ1v) is 10.7. The highest BCUT2D eigenvalue weighted by molar-refractivity contribution is 6.00. The molecule has 2 aromatic rings. The summed E-state index contributed by atoms with van der Waals surface area (Å²) in [6, 6.07) is 17.3. The monoisotopic (exact) mass is 424 g/mol. The molecule has 31 heavy (non-hydrogen) atoms. The summed E-state index contributed by atoms with van der Waals surface area (Å²) in [5, 5.41) is 21.5. The Hall–Kier alpha value is -2.70. The third-order valence-corrected chi connectivity index (χ3v) is 6.07. The lowest BCUT2D eigenvalue weighted by Crippen LogP contribution is -2.67. The van der Waals surface area contributed by atoms with E-state index >= 15 is 0 Å². The van der Waals surface area contributed by atoms with Crippen LogP contribution in [0.2, 0.25) is 0 Å². The molecular weight excluding hydrogens is 392 g/mol. The lowest BCUT2D eigenvalue weighted by atomic mass is 9.74. The van der Waals surface area contributed by atoms with Crippen LogP contribution in [0.15, 0.2) is 60.7 Å². The largest absolute Gasteiger partial charge is 0.387 e. The van der Waals surface area contributed by atoms with Gasteiger partial charge in [-0.1, -0.05) is 74.5 Å². The van der Waals surface area contributed by atoms with Gasteiger partial charge in [0.15, 0.2) is 0 Å². The lowest BCUT2D eigenvalue weighted by molar-refractivity contribution is -0.150. The molecule has 3 rings (SSSR count). The van der Waals surface area contributed by atoms with Crippen LogP contribution in [0.3, 0.4) is 0 Å². The Morgan fingerprint density at radius 1 is 0.839 bits per heavy atom. The van der Waals surface area contributed by atoms with Crippen LogP contribution in [-0.2, 0) is 4.79 Å². The quantitative estimate of drug-likeness (QED) is 0.709. The molecular formula is C25H32N2O4. The normalized spacial score (nSPS) is 20.8. The number of imide groups is 1. The zero-order valence-electron chi connectivity index (χ0n) is 18.6. The number of aliphatic hydroxyl groups is 2. The molecule has 0 saturated carbocycles. The molecule has 3 atom stereocenters. The average molecular weight is 425 g/mol. The molecule has 1 saturated heterocycles. The number of β-amino-alcohol motifs (C(OH)–C–C–N with tert-alkyl or cyclic N) is 2. The Balaban J connectivity index is 1.91. The molecule has 1 fully saturated rings. The Morgan fingerprint density at radius 3 is 1.74 bits per heavy atom. The highest BCUT2D eigenvalue weighted by atomic mass is 16.3. The molecule has 0 spiro atoms. The second-order valence-corrected chi connectivity index (χ2v) is 9.11. The van der Waals surface area contributed by atoms with Gasteiger partial charge >= 0.3 is 6.03 Å². The van der Waals surface area contributed by atoms with Crippen LogP contribution in [0.5, 0.6) is 0 Å². The van der Waals surface area contributed by atoms with Gasteiger partial charge in [0.1, 0.15) is 0 Å². The SMILES string of the molecule is CC(C)C1N(CC(O)c2ccccc2)C(=O)N(CC(O)c2ccccc2)C(=O)C1(C)C. The fraction of sp³-hybridized carbons (Fsp3) is 0.440. The van der Waals surface area contributed by atoms with E-state index in [4.69, 9.17) is 0 Å². The van der Waals surface area contributed by atoms with Crippen LogP contribution in [-0.4, -0.2) is 51.1 Å². The molecule has 0 bridgehead atoms. The molecule has 3 amide bonds. The summed E-state index contributed by atoms with van der Waals surface area (Å²) in [5.41, 5.74) is 0.487. The van der Waals surface area contributed by atoms with Gasteiger partial charge in [0.25, 0.3) is 0 Å². The van der Waals surface area contributed by atoms with Crippen LogP contribution in [0, 0.1) is 11.3 Å². The number of amides is 3. The van der Waals surface area contributed by atoms with Gasteiger partial charge in [0.05, 0.1) is 30.7 Å². The maximum absolute atomic E-state index is 13.5. The number of hydrogen-bond donors (Lipinski definition) is 2. The van der Waals surface area contributed by atoms with Gasteiger partial charge in [-0.25, -0.2) is 4.79 Å². The third-order valence-electron chi connectivity index (χ3n) is 6.07. The molecule has 6 heteroatoms. The molecule has 6 nitrogen and oxygen atoms in total. The van der Waals surface area contributed by atoms with Gasteiger partial charge < -0.3 is 15.1 Å². The number of rotatable bonds is 7. The second-order valence-electron chi connectivity index (χ2n) is 9.11. The summed E-state index contributed by atoms with van der Waals surface area (Å²) in [6.45, 7) is 7.55. The van der Waals surface area contributed by atoms with Crippen molar-refractivity contribution in [2.45, 2.75) is 45.9 Å². The Bertz CT molecular complexity index is 898. The van der Waals surface area contributed by atoms with E-state index in [2.05, 4.69) is 0 Å². The zero-order chi connectivity index (χ0) is 22.8. The maximum atomic E-state index is 13.5. The Labute approximate surface area is 184 Å². The van der Waals surface area contributed by atoms with Crippen molar-refractivity contribution >= 4 is 11.9 Å². The number of benzene rings is 2. The summed E-state index contributed by atoms with van der Waals surface area (Å²) in [7, 11) is 0. The fourth-order valence-electron chi connectivity index (χ4n) is 4.69. The van der Waals surface area contributed by atoms with E-state index in [1.807, 2.05) is 64.1 Å². The van der Waals surface area contributed by atoms with E-state index in [0.29, 0.717) is 11.1 Å². The van der Waals surface area contributed by atoms with E-state index in [-0.39, 0.29) is 31.0 Å². The molecule has 0 radical (unpaired) electrons. The van der Waals surface area contributed by atoms with Crippen LogP contribution in [0.25, 0.3) is 0 Å². The highest BCUT2D eigenvalue weighted by Crippen LogP contribution is 2.39. The Morgan fingerprint density at radius 2 is 1.29 bits per heavy atom. The summed E-state index contributed by atoms with van der Waals surface area (Å²) in [4.78, 5) is 29.6. The smallest absolute Gasteiger partial charge is 0.327 e. The van der Waals surface area contributed by atoms with Gasteiger partial charge in [0, 0.05) is 6.04 Å². The minimum Gasteiger partial charge on any atom is -0.387 e. The van der Waals surface area contributed by atoms with Crippen LogP contribution >= 0.6 is 0 Å². The number of carbonyl (C=O) groups excluding carboxylic acids is 2. The van der Waals surface area contributed by atoms with E-state index in [9.17, 15) is 19.8 Å². The van der Waals surface area contributed by atoms with Crippen molar-refractivity contribution in [3.8, 4) is 0 Å².